The van der Waals surface area contributed by atoms with E-state index in [-0.39, 0.29) is 0 Å². The van der Waals surface area contributed by atoms with Crippen LogP contribution in [0.3, 0.4) is 0 Å². The smallest absolute Gasteiger partial charge is 0.259 e. The van der Waals surface area contributed by atoms with Crippen molar-refractivity contribution in [2.75, 3.05) is 0 Å². The van der Waals surface area contributed by atoms with E-state index in [0.29, 0.717) is 18.2 Å². The van der Waals surface area contributed by atoms with Crippen LogP contribution < -0.4 is 0 Å². The third kappa shape index (κ3) is 2.76. The Morgan fingerprint density at radius 3 is 2.65 bits per heavy atom. The second-order valence-corrected chi connectivity index (χ2v) is 6.51. The number of rotatable bonds is 4. The highest BCUT2D eigenvalue weighted by Crippen LogP contribution is 2.36. The number of benzene rings is 1. The number of hydrogen-bond donors (Lipinski definition) is 0. The third-order valence-electron chi connectivity index (χ3n) is 3.86. The minimum Gasteiger partial charge on any atom is -0.418 e. The number of nitrogens with zero attached hydrogens (tertiary/aromatic N) is 4. The van der Waals surface area contributed by atoms with E-state index in [0.717, 1.165) is 21.1 Å². The molecule has 23 heavy (non-hydrogen) atoms. The van der Waals surface area contributed by atoms with Crippen molar-refractivity contribution in [2.45, 2.75) is 32.6 Å². The summed E-state index contributed by atoms with van der Waals surface area (Å²) < 4.78 is 5.77. The second kappa shape index (κ2) is 5.94. The third-order valence-corrected chi connectivity index (χ3v) is 5.06. The first-order valence-corrected chi connectivity index (χ1v) is 8.17. The topological polar surface area (TPSA) is 75.6 Å². The Balaban J connectivity index is 2.00. The Hall–Kier alpha value is -2.52. The fraction of sp³-hybridized carbons (Fsp3) is 0.294. The minimum absolute atomic E-state index is 0.353. The average molecular weight is 324 g/mol. The first-order valence-electron chi connectivity index (χ1n) is 7.36. The molecule has 2 heterocycles. The molecule has 0 saturated heterocycles. The van der Waals surface area contributed by atoms with E-state index in [9.17, 15) is 5.26 Å². The Kier molecular flexibility index (Phi) is 3.97. The monoisotopic (exact) mass is 324 g/mol. The summed E-state index contributed by atoms with van der Waals surface area (Å²) in [5, 5.41) is 18.4. The number of aromatic nitrogens is 3. The van der Waals surface area contributed by atoms with Crippen LogP contribution in [-0.4, -0.2) is 15.2 Å². The fourth-order valence-corrected chi connectivity index (χ4v) is 3.11. The molecule has 0 aliphatic carbocycles. The second-order valence-electron chi connectivity index (χ2n) is 5.51. The maximum atomic E-state index is 9.34. The quantitative estimate of drug-likeness (QED) is 0.712. The van der Waals surface area contributed by atoms with Crippen LogP contribution in [0.25, 0.3) is 21.3 Å². The molecule has 1 atom stereocenters. The summed E-state index contributed by atoms with van der Waals surface area (Å²) in [6, 6.07) is 12.2. The van der Waals surface area contributed by atoms with Gasteiger partial charge in [0.2, 0.25) is 5.89 Å². The van der Waals surface area contributed by atoms with Crippen LogP contribution in [0, 0.1) is 18.3 Å². The maximum absolute atomic E-state index is 9.34. The van der Waals surface area contributed by atoms with E-state index >= 15 is 0 Å². The van der Waals surface area contributed by atoms with Crippen LogP contribution in [-0.2, 0) is 5.41 Å². The zero-order valence-electron chi connectivity index (χ0n) is 13.2. The van der Waals surface area contributed by atoms with Crippen molar-refractivity contribution in [1.29, 1.82) is 5.26 Å². The molecular formula is C17H16N4OS. The molecule has 0 spiro atoms. The van der Waals surface area contributed by atoms with E-state index in [1.165, 1.54) is 11.3 Å². The first-order chi connectivity index (χ1) is 11.1. The molecule has 116 valence electrons. The van der Waals surface area contributed by atoms with Gasteiger partial charge in [0.15, 0.2) is 0 Å². The highest BCUT2D eigenvalue weighted by atomic mass is 32.1. The first kappa shape index (κ1) is 15.4. The summed E-state index contributed by atoms with van der Waals surface area (Å²) in [5.41, 5.74) is 1.15. The van der Waals surface area contributed by atoms with Crippen molar-refractivity contribution < 1.29 is 4.42 Å². The van der Waals surface area contributed by atoms with Crippen LogP contribution in [0.4, 0.5) is 0 Å². The lowest BCUT2D eigenvalue weighted by Crippen LogP contribution is -2.18. The van der Waals surface area contributed by atoms with E-state index < -0.39 is 5.41 Å². The summed E-state index contributed by atoms with van der Waals surface area (Å²) in [6.07, 6.45) is 0.613. The van der Waals surface area contributed by atoms with Crippen LogP contribution >= 0.6 is 11.3 Å². The SMILES string of the molecule is CCC(C)(C#N)c1nnc(-c2sc(-c3ccccc3)nc2C)o1. The van der Waals surface area contributed by atoms with Gasteiger partial charge in [-0.3, -0.25) is 0 Å². The lowest BCUT2D eigenvalue weighted by atomic mass is 9.90. The Labute approximate surface area is 138 Å². The number of thiazole rings is 1. The van der Waals surface area contributed by atoms with Crippen molar-refractivity contribution in [1.82, 2.24) is 15.2 Å². The van der Waals surface area contributed by atoms with Crippen LogP contribution in [0.5, 0.6) is 0 Å². The molecule has 6 heteroatoms. The zero-order chi connectivity index (χ0) is 16.4. The summed E-state index contributed by atoms with van der Waals surface area (Å²) in [7, 11) is 0. The fourth-order valence-electron chi connectivity index (χ4n) is 2.12. The predicted octanol–water partition coefficient (Wildman–Crippen LogP) is 4.36. The lowest BCUT2D eigenvalue weighted by molar-refractivity contribution is 0.406. The molecule has 3 aromatic rings. The van der Waals surface area contributed by atoms with Gasteiger partial charge in [-0.2, -0.15) is 5.26 Å². The van der Waals surface area contributed by atoms with Crippen LogP contribution in [0.15, 0.2) is 34.7 Å². The molecule has 1 aromatic carbocycles. The van der Waals surface area contributed by atoms with Gasteiger partial charge in [-0.1, -0.05) is 37.3 Å². The molecule has 0 amide bonds. The molecule has 1 unspecified atom stereocenters. The van der Waals surface area contributed by atoms with Gasteiger partial charge in [0, 0.05) is 5.56 Å². The molecule has 0 N–H and O–H groups in total. The van der Waals surface area contributed by atoms with Gasteiger partial charge in [0.25, 0.3) is 5.89 Å². The average Bonchev–Trinajstić information content (AvgIpc) is 3.22. The van der Waals surface area contributed by atoms with E-state index in [4.69, 9.17) is 4.42 Å². The molecule has 5 nitrogen and oxygen atoms in total. The van der Waals surface area contributed by atoms with E-state index in [2.05, 4.69) is 21.3 Å². The largest absolute Gasteiger partial charge is 0.418 e. The summed E-state index contributed by atoms with van der Waals surface area (Å²) >= 11 is 1.51. The van der Waals surface area contributed by atoms with Gasteiger partial charge in [0.1, 0.15) is 15.3 Å². The van der Waals surface area contributed by atoms with Crippen LogP contribution in [0.2, 0.25) is 0 Å². The highest BCUT2D eigenvalue weighted by Gasteiger charge is 2.31. The van der Waals surface area contributed by atoms with Gasteiger partial charge >= 0.3 is 0 Å². The lowest BCUT2D eigenvalue weighted by Gasteiger charge is -2.12. The van der Waals surface area contributed by atoms with Crippen molar-refractivity contribution in [3.63, 3.8) is 0 Å². The molecule has 0 aliphatic rings. The number of aryl methyl sites for hydroxylation is 1. The summed E-state index contributed by atoms with van der Waals surface area (Å²) in [4.78, 5) is 5.44. The highest BCUT2D eigenvalue weighted by molar-refractivity contribution is 7.18. The van der Waals surface area contributed by atoms with E-state index in [1.807, 2.05) is 44.2 Å². The number of nitriles is 1. The predicted molar refractivity (Wildman–Crippen MR) is 88.8 cm³/mol. The van der Waals surface area contributed by atoms with Gasteiger partial charge < -0.3 is 4.42 Å². The Morgan fingerprint density at radius 2 is 2.00 bits per heavy atom. The van der Waals surface area contributed by atoms with Crippen LogP contribution in [0.1, 0.15) is 31.9 Å². The van der Waals surface area contributed by atoms with Gasteiger partial charge in [-0.15, -0.1) is 21.5 Å². The van der Waals surface area contributed by atoms with Crippen molar-refractivity contribution in [3.05, 3.63) is 41.9 Å². The Morgan fingerprint density at radius 1 is 1.26 bits per heavy atom. The standard InChI is InChI=1S/C17H16N4OS/c1-4-17(3,10-18)16-21-20-14(22-16)13-11(2)19-15(23-13)12-8-6-5-7-9-12/h5-9H,4H2,1-3H3. The molecule has 0 bridgehead atoms. The van der Waals surface area contributed by atoms with Crippen molar-refractivity contribution >= 4 is 11.3 Å². The van der Waals surface area contributed by atoms with Crippen molar-refractivity contribution in [2.24, 2.45) is 0 Å². The van der Waals surface area contributed by atoms with Gasteiger partial charge in [-0.25, -0.2) is 4.98 Å². The molecule has 0 radical (unpaired) electrons. The number of hydrogen-bond acceptors (Lipinski definition) is 6. The molecule has 0 saturated carbocycles. The molecular weight excluding hydrogens is 308 g/mol. The zero-order valence-corrected chi connectivity index (χ0v) is 14.0. The minimum atomic E-state index is -0.758. The molecule has 0 aliphatic heterocycles. The summed E-state index contributed by atoms with van der Waals surface area (Å²) in [6.45, 7) is 5.66. The van der Waals surface area contributed by atoms with Gasteiger partial charge in [0.05, 0.1) is 11.8 Å². The molecule has 0 fully saturated rings. The van der Waals surface area contributed by atoms with Gasteiger partial charge in [-0.05, 0) is 20.3 Å². The molecule has 2 aromatic heterocycles. The van der Waals surface area contributed by atoms with Crippen molar-refractivity contribution in [3.8, 4) is 27.4 Å². The van der Waals surface area contributed by atoms with E-state index in [1.54, 1.807) is 6.92 Å². The normalized spacial score (nSPS) is 13.5. The summed E-state index contributed by atoms with van der Waals surface area (Å²) in [5.74, 6) is 0.777. The maximum Gasteiger partial charge on any atom is 0.259 e. The molecule has 3 rings (SSSR count). The Bertz CT molecular complexity index is 862.